The molecule has 0 bridgehead atoms. The lowest BCUT2D eigenvalue weighted by molar-refractivity contribution is 0.371. The van der Waals surface area contributed by atoms with Crippen molar-refractivity contribution < 1.29 is 9.15 Å². The van der Waals surface area contributed by atoms with Gasteiger partial charge in [0.1, 0.15) is 11.5 Å². The minimum Gasteiger partial charge on any atom is -0.497 e. The van der Waals surface area contributed by atoms with Crippen LogP contribution in [0.3, 0.4) is 0 Å². The van der Waals surface area contributed by atoms with Crippen molar-refractivity contribution in [2.75, 3.05) is 7.11 Å². The quantitative estimate of drug-likeness (QED) is 0.859. The van der Waals surface area contributed by atoms with Gasteiger partial charge in [0, 0.05) is 6.04 Å². The Morgan fingerprint density at radius 2 is 1.95 bits per heavy atom. The van der Waals surface area contributed by atoms with Gasteiger partial charge in [0.05, 0.1) is 19.4 Å². The number of rotatable bonds is 6. The molecule has 0 spiro atoms. The number of benzene rings is 1. The molecule has 3 rings (SSSR count). The van der Waals surface area contributed by atoms with E-state index in [9.17, 15) is 0 Å². The second kappa shape index (κ2) is 5.71. The van der Waals surface area contributed by atoms with Crippen LogP contribution in [0.2, 0.25) is 0 Å². The van der Waals surface area contributed by atoms with Gasteiger partial charge in [0.25, 0.3) is 0 Å². The summed E-state index contributed by atoms with van der Waals surface area (Å²) in [4.78, 5) is 0. The molecular formula is C17H21NO2. The molecular weight excluding hydrogens is 250 g/mol. The highest BCUT2D eigenvalue weighted by Gasteiger charge is 2.33. The zero-order valence-corrected chi connectivity index (χ0v) is 12.0. The Balaban J connectivity index is 1.75. The molecule has 1 unspecified atom stereocenters. The first-order valence-electron chi connectivity index (χ1n) is 7.21. The van der Waals surface area contributed by atoms with Gasteiger partial charge in [-0.25, -0.2) is 0 Å². The van der Waals surface area contributed by atoms with Gasteiger partial charge in [-0.05, 0) is 55.5 Å². The topological polar surface area (TPSA) is 34.4 Å². The van der Waals surface area contributed by atoms with Crippen molar-refractivity contribution in [3.05, 3.63) is 54.0 Å². The van der Waals surface area contributed by atoms with Crippen molar-refractivity contribution in [2.24, 2.45) is 5.92 Å². The predicted octanol–water partition coefficient (Wildman–Crippen LogP) is 4.09. The molecule has 1 heterocycles. The molecule has 20 heavy (non-hydrogen) atoms. The Labute approximate surface area is 119 Å². The van der Waals surface area contributed by atoms with Crippen LogP contribution in [0.15, 0.2) is 47.1 Å². The summed E-state index contributed by atoms with van der Waals surface area (Å²) >= 11 is 0. The molecule has 1 aromatic heterocycles. The molecule has 0 amide bonds. The highest BCUT2D eigenvalue weighted by molar-refractivity contribution is 5.30. The van der Waals surface area contributed by atoms with E-state index < -0.39 is 0 Å². The molecule has 106 valence electrons. The molecule has 3 heteroatoms. The summed E-state index contributed by atoms with van der Waals surface area (Å²) in [5, 5.41) is 3.70. The van der Waals surface area contributed by atoms with E-state index >= 15 is 0 Å². The number of hydrogen-bond donors (Lipinski definition) is 1. The number of nitrogens with one attached hydrogen (secondary N) is 1. The number of hydrogen-bond acceptors (Lipinski definition) is 3. The second-order valence-electron chi connectivity index (χ2n) is 5.49. The van der Waals surface area contributed by atoms with Crippen LogP contribution in [0.1, 0.15) is 43.2 Å². The van der Waals surface area contributed by atoms with Crippen LogP contribution >= 0.6 is 0 Å². The molecule has 0 saturated heterocycles. The molecule has 1 fully saturated rings. The Hall–Kier alpha value is -1.74. The zero-order chi connectivity index (χ0) is 13.9. The fourth-order valence-corrected chi connectivity index (χ4v) is 2.63. The third-order valence-electron chi connectivity index (χ3n) is 3.97. The van der Waals surface area contributed by atoms with Crippen LogP contribution in [0.4, 0.5) is 0 Å². The van der Waals surface area contributed by atoms with Crippen molar-refractivity contribution >= 4 is 0 Å². The fraction of sp³-hybridized carbons (Fsp3) is 0.412. The lowest BCUT2D eigenvalue weighted by atomic mass is 10.0. The Morgan fingerprint density at radius 1 is 1.20 bits per heavy atom. The van der Waals surface area contributed by atoms with Gasteiger partial charge in [-0.3, -0.25) is 0 Å². The first-order valence-corrected chi connectivity index (χ1v) is 7.21. The lowest BCUT2D eigenvalue weighted by Gasteiger charge is -2.23. The van der Waals surface area contributed by atoms with E-state index in [1.807, 2.05) is 24.3 Å². The Morgan fingerprint density at radius 3 is 2.50 bits per heavy atom. The van der Waals surface area contributed by atoms with Crippen molar-refractivity contribution in [2.45, 2.75) is 31.8 Å². The van der Waals surface area contributed by atoms with Crippen LogP contribution in [-0.4, -0.2) is 7.11 Å². The van der Waals surface area contributed by atoms with E-state index in [1.165, 1.54) is 18.4 Å². The van der Waals surface area contributed by atoms with Gasteiger partial charge >= 0.3 is 0 Å². The van der Waals surface area contributed by atoms with E-state index in [4.69, 9.17) is 9.15 Å². The van der Waals surface area contributed by atoms with Gasteiger partial charge in [0.15, 0.2) is 0 Å². The van der Waals surface area contributed by atoms with Crippen molar-refractivity contribution in [3.8, 4) is 5.75 Å². The Kier molecular flexibility index (Phi) is 3.79. The van der Waals surface area contributed by atoms with Crippen molar-refractivity contribution in [1.29, 1.82) is 0 Å². The maximum absolute atomic E-state index is 5.49. The summed E-state index contributed by atoms with van der Waals surface area (Å²) < 4.78 is 10.7. The maximum Gasteiger partial charge on any atom is 0.120 e. The molecule has 2 atom stereocenters. The normalized spacial score (nSPS) is 17.7. The van der Waals surface area contributed by atoms with Gasteiger partial charge in [0.2, 0.25) is 0 Å². The number of methoxy groups -OCH3 is 1. The standard InChI is InChI=1S/C17H21NO2/c1-12(16-4-3-11-20-16)18-17(13-5-6-13)14-7-9-15(19-2)10-8-14/h3-4,7-13,17-18H,5-6H2,1-2H3/t12-,17?/m1/s1. The van der Waals surface area contributed by atoms with Gasteiger partial charge in [-0.2, -0.15) is 0 Å². The summed E-state index contributed by atoms with van der Waals surface area (Å²) in [6.07, 6.45) is 4.33. The molecule has 0 radical (unpaired) electrons. The summed E-state index contributed by atoms with van der Waals surface area (Å²) in [5.41, 5.74) is 1.33. The van der Waals surface area contributed by atoms with Gasteiger partial charge in [-0.1, -0.05) is 12.1 Å². The molecule has 1 aromatic carbocycles. The van der Waals surface area contributed by atoms with E-state index in [1.54, 1.807) is 13.4 Å². The first-order chi connectivity index (χ1) is 9.78. The van der Waals surface area contributed by atoms with Crippen LogP contribution in [0.5, 0.6) is 5.75 Å². The molecule has 2 aromatic rings. The van der Waals surface area contributed by atoms with Gasteiger partial charge in [-0.15, -0.1) is 0 Å². The minimum atomic E-state index is 0.220. The SMILES string of the molecule is COc1ccc(C(N[C@H](C)c2ccco2)C2CC2)cc1. The highest BCUT2D eigenvalue weighted by Crippen LogP contribution is 2.42. The molecule has 1 aliphatic rings. The summed E-state index contributed by atoms with van der Waals surface area (Å²) in [6, 6.07) is 12.9. The minimum absolute atomic E-state index is 0.220. The van der Waals surface area contributed by atoms with E-state index in [2.05, 4.69) is 24.4 Å². The second-order valence-corrected chi connectivity index (χ2v) is 5.49. The van der Waals surface area contributed by atoms with Crippen molar-refractivity contribution in [3.63, 3.8) is 0 Å². The van der Waals surface area contributed by atoms with E-state index in [0.29, 0.717) is 6.04 Å². The smallest absolute Gasteiger partial charge is 0.120 e. The Bertz CT molecular complexity index is 529. The predicted molar refractivity (Wildman–Crippen MR) is 78.7 cm³/mol. The molecule has 1 aliphatic carbocycles. The molecule has 1 N–H and O–H groups in total. The fourth-order valence-electron chi connectivity index (χ4n) is 2.63. The molecule has 0 aliphatic heterocycles. The van der Waals surface area contributed by atoms with Crippen LogP contribution in [-0.2, 0) is 0 Å². The maximum atomic E-state index is 5.49. The first kappa shape index (κ1) is 13.3. The van der Waals surface area contributed by atoms with Crippen LogP contribution in [0, 0.1) is 5.92 Å². The average molecular weight is 271 g/mol. The summed E-state index contributed by atoms with van der Waals surface area (Å²) in [6.45, 7) is 2.15. The number of ether oxygens (including phenoxy) is 1. The average Bonchev–Trinajstić information content (AvgIpc) is 3.17. The van der Waals surface area contributed by atoms with E-state index in [-0.39, 0.29) is 6.04 Å². The number of furan rings is 1. The molecule has 1 saturated carbocycles. The zero-order valence-electron chi connectivity index (χ0n) is 12.0. The summed E-state index contributed by atoms with van der Waals surface area (Å²) in [5.74, 6) is 2.63. The highest BCUT2D eigenvalue weighted by atomic mass is 16.5. The van der Waals surface area contributed by atoms with Crippen LogP contribution in [0.25, 0.3) is 0 Å². The third kappa shape index (κ3) is 2.88. The largest absolute Gasteiger partial charge is 0.497 e. The third-order valence-corrected chi connectivity index (χ3v) is 3.97. The molecule has 3 nitrogen and oxygen atoms in total. The lowest BCUT2D eigenvalue weighted by Crippen LogP contribution is -2.26. The van der Waals surface area contributed by atoms with Crippen LogP contribution < -0.4 is 10.1 Å². The van der Waals surface area contributed by atoms with E-state index in [0.717, 1.165) is 17.4 Å². The monoisotopic (exact) mass is 271 g/mol. The van der Waals surface area contributed by atoms with Gasteiger partial charge < -0.3 is 14.5 Å². The van der Waals surface area contributed by atoms with Crippen molar-refractivity contribution in [1.82, 2.24) is 5.32 Å². The summed E-state index contributed by atoms with van der Waals surface area (Å²) in [7, 11) is 1.70.